The van der Waals surface area contributed by atoms with Gasteiger partial charge in [-0.15, -0.1) is 0 Å². The molecule has 0 radical (unpaired) electrons. The molecule has 2 N–H and O–H groups in total. The third-order valence-electron chi connectivity index (χ3n) is 3.69. The van der Waals surface area contributed by atoms with Crippen molar-refractivity contribution < 1.29 is 4.74 Å². The van der Waals surface area contributed by atoms with E-state index in [1.165, 1.54) is 29.9 Å². The van der Waals surface area contributed by atoms with Crippen LogP contribution in [0.4, 0.5) is 0 Å². The summed E-state index contributed by atoms with van der Waals surface area (Å²) in [6.07, 6.45) is 5.00. The molecule has 92 valence electrons. The van der Waals surface area contributed by atoms with Crippen molar-refractivity contribution in [2.75, 3.05) is 11.5 Å². The number of rotatable bonds is 3. The van der Waals surface area contributed by atoms with Crippen LogP contribution in [0, 0.1) is 0 Å². The highest BCUT2D eigenvalue weighted by Gasteiger charge is 2.39. The Bertz CT molecular complexity index is 380. The smallest absolute Gasteiger partial charge is 0.119 e. The molecule has 0 spiro atoms. The van der Waals surface area contributed by atoms with Crippen LogP contribution >= 0.6 is 11.8 Å². The molecule has 0 bridgehead atoms. The first kappa shape index (κ1) is 11.4. The molecule has 0 atom stereocenters. The molecule has 1 saturated carbocycles. The van der Waals surface area contributed by atoms with Gasteiger partial charge in [-0.25, -0.2) is 0 Å². The average molecular weight is 249 g/mol. The number of thioether (sulfide) groups is 1. The molecule has 17 heavy (non-hydrogen) atoms. The van der Waals surface area contributed by atoms with Gasteiger partial charge in [0.15, 0.2) is 0 Å². The van der Waals surface area contributed by atoms with Gasteiger partial charge in [0.05, 0.1) is 0 Å². The van der Waals surface area contributed by atoms with Gasteiger partial charge < -0.3 is 10.5 Å². The van der Waals surface area contributed by atoms with Crippen molar-refractivity contribution in [3.63, 3.8) is 0 Å². The number of nitrogens with two attached hydrogens (primary N) is 1. The molecule has 2 nitrogen and oxygen atoms in total. The van der Waals surface area contributed by atoms with Crippen molar-refractivity contribution in [1.82, 2.24) is 0 Å². The SMILES string of the molecule is NC1(c2ccc(OC3CCSCC3)cc2)CC1. The molecular weight excluding hydrogens is 230 g/mol. The van der Waals surface area contributed by atoms with E-state index < -0.39 is 0 Å². The second-order valence-corrected chi connectivity index (χ2v) is 6.33. The molecule has 3 heteroatoms. The van der Waals surface area contributed by atoms with Gasteiger partial charge in [-0.2, -0.15) is 11.8 Å². The maximum absolute atomic E-state index is 6.16. The van der Waals surface area contributed by atoms with E-state index in [9.17, 15) is 0 Å². The Labute approximate surface area is 107 Å². The van der Waals surface area contributed by atoms with Gasteiger partial charge in [-0.05, 0) is 54.9 Å². The number of hydrogen-bond acceptors (Lipinski definition) is 3. The predicted molar refractivity (Wildman–Crippen MR) is 72.5 cm³/mol. The van der Waals surface area contributed by atoms with Crippen LogP contribution in [0.5, 0.6) is 5.75 Å². The Morgan fingerprint density at radius 2 is 1.76 bits per heavy atom. The third kappa shape index (κ3) is 2.61. The Kier molecular flexibility index (Phi) is 3.05. The minimum Gasteiger partial charge on any atom is -0.490 e. The van der Waals surface area contributed by atoms with Crippen LogP contribution in [0.1, 0.15) is 31.2 Å². The molecule has 2 fully saturated rings. The van der Waals surface area contributed by atoms with Gasteiger partial charge in [-0.1, -0.05) is 12.1 Å². The first-order valence-electron chi connectivity index (χ1n) is 6.40. The summed E-state index contributed by atoms with van der Waals surface area (Å²) in [5.41, 5.74) is 7.38. The van der Waals surface area contributed by atoms with Crippen LogP contribution < -0.4 is 10.5 Å². The molecule has 0 unspecified atom stereocenters. The van der Waals surface area contributed by atoms with E-state index >= 15 is 0 Å². The first-order valence-corrected chi connectivity index (χ1v) is 7.56. The van der Waals surface area contributed by atoms with E-state index in [0.29, 0.717) is 6.10 Å². The standard InChI is InChI=1S/C14H19NOS/c15-14(7-8-14)11-1-3-12(4-2-11)16-13-5-9-17-10-6-13/h1-4,13H,5-10,15H2. The minimum atomic E-state index is -0.0278. The molecule has 2 aliphatic rings. The average Bonchev–Trinajstić information content (AvgIpc) is 3.11. The largest absolute Gasteiger partial charge is 0.490 e. The van der Waals surface area contributed by atoms with Crippen LogP contribution in [0.2, 0.25) is 0 Å². The normalized spacial score (nSPS) is 23.4. The van der Waals surface area contributed by atoms with Gasteiger partial charge in [0.2, 0.25) is 0 Å². The quantitative estimate of drug-likeness (QED) is 0.894. The predicted octanol–water partition coefficient (Wildman–Crippen LogP) is 2.91. The highest BCUT2D eigenvalue weighted by molar-refractivity contribution is 7.99. The van der Waals surface area contributed by atoms with E-state index in [0.717, 1.165) is 18.6 Å². The van der Waals surface area contributed by atoms with E-state index in [2.05, 4.69) is 24.3 Å². The molecule has 0 aromatic heterocycles. The Balaban J connectivity index is 1.63. The van der Waals surface area contributed by atoms with Gasteiger partial charge >= 0.3 is 0 Å². The first-order chi connectivity index (χ1) is 8.26. The molecule has 1 saturated heterocycles. The van der Waals surface area contributed by atoms with Crippen molar-refractivity contribution in [2.45, 2.75) is 37.3 Å². The highest BCUT2D eigenvalue weighted by Crippen LogP contribution is 2.42. The third-order valence-corrected chi connectivity index (χ3v) is 4.74. The molecule has 1 aliphatic heterocycles. The summed E-state index contributed by atoms with van der Waals surface area (Å²) in [5.74, 6) is 3.46. The Morgan fingerprint density at radius 3 is 2.35 bits per heavy atom. The van der Waals surface area contributed by atoms with Crippen molar-refractivity contribution in [1.29, 1.82) is 0 Å². The second-order valence-electron chi connectivity index (χ2n) is 5.11. The summed E-state index contributed by atoms with van der Waals surface area (Å²) in [6.45, 7) is 0. The Morgan fingerprint density at radius 1 is 1.12 bits per heavy atom. The van der Waals surface area contributed by atoms with Crippen molar-refractivity contribution in [3.8, 4) is 5.75 Å². The lowest BCUT2D eigenvalue weighted by atomic mass is 10.1. The Hall–Kier alpha value is -0.670. The van der Waals surface area contributed by atoms with Crippen LogP contribution in [0.3, 0.4) is 0 Å². The van der Waals surface area contributed by atoms with Gasteiger partial charge in [0, 0.05) is 5.54 Å². The van der Waals surface area contributed by atoms with Gasteiger partial charge in [-0.3, -0.25) is 0 Å². The summed E-state index contributed by atoms with van der Waals surface area (Å²) >= 11 is 2.03. The zero-order valence-electron chi connectivity index (χ0n) is 10.0. The van der Waals surface area contributed by atoms with Crippen molar-refractivity contribution >= 4 is 11.8 Å². The molecule has 1 heterocycles. The van der Waals surface area contributed by atoms with Crippen LogP contribution in [-0.4, -0.2) is 17.6 Å². The monoisotopic (exact) mass is 249 g/mol. The minimum absolute atomic E-state index is 0.0278. The zero-order chi connectivity index (χ0) is 11.7. The molecule has 1 aromatic carbocycles. The topological polar surface area (TPSA) is 35.2 Å². The fourth-order valence-electron chi connectivity index (χ4n) is 2.28. The van der Waals surface area contributed by atoms with Crippen LogP contribution in [0.25, 0.3) is 0 Å². The zero-order valence-corrected chi connectivity index (χ0v) is 10.8. The fourth-order valence-corrected chi connectivity index (χ4v) is 3.34. The lowest BCUT2D eigenvalue weighted by molar-refractivity contribution is 0.192. The summed E-state index contributed by atoms with van der Waals surface area (Å²) < 4.78 is 5.99. The summed E-state index contributed by atoms with van der Waals surface area (Å²) in [7, 11) is 0. The lowest BCUT2D eigenvalue weighted by Crippen LogP contribution is -2.22. The van der Waals surface area contributed by atoms with Crippen LogP contribution in [0.15, 0.2) is 24.3 Å². The summed E-state index contributed by atoms with van der Waals surface area (Å²) in [5, 5.41) is 0. The maximum atomic E-state index is 6.16. The van der Waals surface area contributed by atoms with Crippen LogP contribution in [-0.2, 0) is 5.54 Å². The van der Waals surface area contributed by atoms with E-state index in [1.807, 2.05) is 11.8 Å². The number of ether oxygens (including phenoxy) is 1. The molecule has 1 aromatic rings. The van der Waals surface area contributed by atoms with E-state index in [-0.39, 0.29) is 5.54 Å². The fraction of sp³-hybridized carbons (Fsp3) is 0.571. The van der Waals surface area contributed by atoms with E-state index in [4.69, 9.17) is 10.5 Å². The maximum Gasteiger partial charge on any atom is 0.119 e. The number of hydrogen-bond donors (Lipinski definition) is 1. The summed E-state index contributed by atoms with van der Waals surface area (Å²) in [6, 6.07) is 8.40. The van der Waals surface area contributed by atoms with E-state index in [1.54, 1.807) is 0 Å². The van der Waals surface area contributed by atoms with Crippen molar-refractivity contribution in [2.24, 2.45) is 5.73 Å². The lowest BCUT2D eigenvalue weighted by Gasteiger charge is -2.23. The number of benzene rings is 1. The van der Waals surface area contributed by atoms with Gasteiger partial charge in [0.25, 0.3) is 0 Å². The molecule has 1 aliphatic carbocycles. The second kappa shape index (κ2) is 4.54. The summed E-state index contributed by atoms with van der Waals surface area (Å²) in [4.78, 5) is 0. The highest BCUT2D eigenvalue weighted by atomic mass is 32.2. The molecular formula is C14H19NOS. The van der Waals surface area contributed by atoms with Gasteiger partial charge in [0.1, 0.15) is 11.9 Å². The molecule has 3 rings (SSSR count). The molecule has 0 amide bonds. The van der Waals surface area contributed by atoms with Crippen molar-refractivity contribution in [3.05, 3.63) is 29.8 Å².